The van der Waals surface area contributed by atoms with E-state index in [-0.39, 0.29) is 23.1 Å². The van der Waals surface area contributed by atoms with Crippen LogP contribution in [0.15, 0.2) is 35.7 Å². The second-order valence-corrected chi connectivity index (χ2v) is 8.63. The van der Waals surface area contributed by atoms with Gasteiger partial charge in [0.1, 0.15) is 0 Å². The Morgan fingerprint density at radius 1 is 1.26 bits per heavy atom. The van der Waals surface area contributed by atoms with E-state index in [1.54, 1.807) is 11.3 Å². The van der Waals surface area contributed by atoms with E-state index >= 15 is 0 Å². The predicted octanol–water partition coefficient (Wildman–Crippen LogP) is 2.89. The van der Waals surface area contributed by atoms with E-state index in [1.807, 2.05) is 17.9 Å². The lowest BCUT2D eigenvalue weighted by Crippen LogP contribution is -2.49. The number of aryl methyl sites for hydroxylation is 1. The summed E-state index contributed by atoms with van der Waals surface area (Å²) in [5.41, 5.74) is 2.27. The van der Waals surface area contributed by atoms with Crippen molar-refractivity contribution < 1.29 is 9.59 Å². The van der Waals surface area contributed by atoms with Crippen molar-refractivity contribution in [3.63, 3.8) is 0 Å². The van der Waals surface area contributed by atoms with Gasteiger partial charge >= 0.3 is 0 Å². The standard InChI is InChI=1S/C21H25N3O2S/c1-15-23-18(14-27-15)21(17-5-3-2-4-6-17)8-11-24(12-9-21)20(26)16-7-10-22-19(25)13-16/h2-6,14,16H,7-13H2,1H3,(H,22,25). The summed E-state index contributed by atoms with van der Waals surface area (Å²) in [6.07, 6.45) is 2.80. The number of aromatic nitrogens is 1. The lowest BCUT2D eigenvalue weighted by molar-refractivity contribution is -0.141. The Morgan fingerprint density at radius 2 is 2.00 bits per heavy atom. The number of benzene rings is 1. The van der Waals surface area contributed by atoms with Gasteiger partial charge in [-0.3, -0.25) is 9.59 Å². The zero-order valence-electron chi connectivity index (χ0n) is 15.6. The molecular formula is C21H25N3O2S. The van der Waals surface area contributed by atoms with Crippen molar-refractivity contribution in [2.45, 2.75) is 38.0 Å². The smallest absolute Gasteiger partial charge is 0.226 e. The van der Waals surface area contributed by atoms with Crippen molar-refractivity contribution in [3.8, 4) is 0 Å². The van der Waals surface area contributed by atoms with E-state index in [0.717, 1.165) is 30.0 Å². The molecule has 3 heterocycles. The predicted molar refractivity (Wildman–Crippen MR) is 106 cm³/mol. The molecule has 0 bridgehead atoms. The molecule has 2 amide bonds. The number of carbonyl (C=O) groups is 2. The molecule has 142 valence electrons. The van der Waals surface area contributed by atoms with Gasteiger partial charge in [-0.15, -0.1) is 11.3 Å². The van der Waals surface area contributed by atoms with Gasteiger partial charge in [0.05, 0.1) is 10.7 Å². The Morgan fingerprint density at radius 3 is 2.63 bits per heavy atom. The summed E-state index contributed by atoms with van der Waals surface area (Å²) in [7, 11) is 0. The molecule has 2 fully saturated rings. The second-order valence-electron chi connectivity index (χ2n) is 7.56. The highest BCUT2D eigenvalue weighted by Gasteiger charge is 2.41. The summed E-state index contributed by atoms with van der Waals surface area (Å²) in [5.74, 6) is -0.0290. The molecular weight excluding hydrogens is 358 g/mol. The second kappa shape index (κ2) is 7.43. The third kappa shape index (κ3) is 3.50. The van der Waals surface area contributed by atoms with Gasteiger partial charge < -0.3 is 10.2 Å². The highest BCUT2D eigenvalue weighted by molar-refractivity contribution is 7.09. The monoisotopic (exact) mass is 383 g/mol. The Labute approximate surface area is 163 Å². The molecule has 0 spiro atoms. The minimum absolute atomic E-state index is 0.00631. The molecule has 0 radical (unpaired) electrons. The fraction of sp³-hybridized carbons (Fsp3) is 0.476. The maximum Gasteiger partial charge on any atom is 0.226 e. The first-order valence-electron chi connectivity index (χ1n) is 9.62. The summed E-state index contributed by atoms with van der Waals surface area (Å²) in [4.78, 5) is 31.3. The van der Waals surface area contributed by atoms with Crippen LogP contribution in [-0.2, 0) is 15.0 Å². The van der Waals surface area contributed by atoms with Gasteiger partial charge in [0, 0.05) is 42.8 Å². The molecule has 1 unspecified atom stereocenters. The zero-order chi connectivity index (χ0) is 18.9. The molecule has 27 heavy (non-hydrogen) atoms. The van der Waals surface area contributed by atoms with E-state index in [0.29, 0.717) is 26.1 Å². The molecule has 2 aliphatic rings. The SMILES string of the molecule is Cc1nc(C2(c3ccccc3)CCN(C(=O)C3CCNC(=O)C3)CC2)cs1. The van der Waals surface area contributed by atoms with Crippen molar-refractivity contribution in [2.75, 3.05) is 19.6 Å². The van der Waals surface area contributed by atoms with Crippen LogP contribution >= 0.6 is 11.3 Å². The van der Waals surface area contributed by atoms with Crippen LogP contribution < -0.4 is 5.32 Å². The molecule has 2 aliphatic heterocycles. The number of hydrogen-bond acceptors (Lipinski definition) is 4. The minimum atomic E-state index is -0.163. The number of amides is 2. The molecule has 2 saturated heterocycles. The fourth-order valence-electron chi connectivity index (χ4n) is 4.39. The first-order chi connectivity index (χ1) is 13.1. The lowest BCUT2D eigenvalue weighted by atomic mass is 9.70. The van der Waals surface area contributed by atoms with Crippen LogP contribution in [0.1, 0.15) is 41.9 Å². The minimum Gasteiger partial charge on any atom is -0.356 e. The van der Waals surface area contributed by atoms with Crippen LogP contribution in [0.3, 0.4) is 0 Å². The quantitative estimate of drug-likeness (QED) is 0.886. The van der Waals surface area contributed by atoms with Gasteiger partial charge in [-0.2, -0.15) is 0 Å². The highest BCUT2D eigenvalue weighted by atomic mass is 32.1. The summed E-state index contributed by atoms with van der Waals surface area (Å²) >= 11 is 1.69. The molecule has 5 nitrogen and oxygen atoms in total. The average Bonchev–Trinajstić information content (AvgIpc) is 3.15. The van der Waals surface area contributed by atoms with Crippen LogP contribution in [0.4, 0.5) is 0 Å². The van der Waals surface area contributed by atoms with Gasteiger partial charge in [-0.05, 0) is 31.7 Å². The van der Waals surface area contributed by atoms with Crippen LogP contribution in [0.25, 0.3) is 0 Å². The van der Waals surface area contributed by atoms with Crippen LogP contribution in [0.2, 0.25) is 0 Å². The van der Waals surface area contributed by atoms with Crippen molar-refractivity contribution in [1.29, 1.82) is 0 Å². The number of nitrogens with one attached hydrogen (secondary N) is 1. The largest absolute Gasteiger partial charge is 0.356 e. The molecule has 1 aromatic carbocycles. The van der Waals surface area contributed by atoms with Gasteiger partial charge in [0.2, 0.25) is 11.8 Å². The number of piperidine rings is 2. The molecule has 1 atom stereocenters. The van der Waals surface area contributed by atoms with Crippen molar-refractivity contribution >= 4 is 23.2 Å². The van der Waals surface area contributed by atoms with E-state index in [9.17, 15) is 9.59 Å². The molecule has 1 aromatic heterocycles. The Bertz CT molecular complexity index is 825. The molecule has 0 saturated carbocycles. The number of hydrogen-bond donors (Lipinski definition) is 1. The van der Waals surface area contributed by atoms with Gasteiger partial charge in [-0.25, -0.2) is 4.98 Å². The Kier molecular flexibility index (Phi) is 5.00. The number of nitrogens with zero attached hydrogens (tertiary/aromatic N) is 2. The van der Waals surface area contributed by atoms with Crippen LogP contribution in [-0.4, -0.2) is 41.3 Å². The molecule has 4 rings (SSSR count). The summed E-state index contributed by atoms with van der Waals surface area (Å²) < 4.78 is 0. The first kappa shape index (κ1) is 18.2. The Balaban J connectivity index is 1.55. The summed E-state index contributed by atoms with van der Waals surface area (Å²) in [5, 5.41) is 6.06. The maximum atomic E-state index is 12.9. The number of carbonyl (C=O) groups excluding carboxylic acids is 2. The number of thiazole rings is 1. The van der Waals surface area contributed by atoms with Crippen LogP contribution in [0, 0.1) is 12.8 Å². The molecule has 2 aromatic rings. The number of rotatable bonds is 3. The van der Waals surface area contributed by atoms with Gasteiger partial charge in [0.25, 0.3) is 0 Å². The third-order valence-electron chi connectivity index (χ3n) is 5.96. The zero-order valence-corrected chi connectivity index (χ0v) is 16.4. The van der Waals surface area contributed by atoms with E-state index in [4.69, 9.17) is 4.98 Å². The van der Waals surface area contributed by atoms with Crippen molar-refractivity contribution in [3.05, 3.63) is 52.0 Å². The van der Waals surface area contributed by atoms with Gasteiger partial charge in [0.15, 0.2) is 0 Å². The van der Waals surface area contributed by atoms with Crippen molar-refractivity contribution in [1.82, 2.24) is 15.2 Å². The topological polar surface area (TPSA) is 62.3 Å². The van der Waals surface area contributed by atoms with Crippen molar-refractivity contribution in [2.24, 2.45) is 5.92 Å². The highest BCUT2D eigenvalue weighted by Crippen LogP contribution is 2.42. The molecule has 0 aliphatic carbocycles. The van der Waals surface area contributed by atoms with E-state index in [1.165, 1.54) is 5.56 Å². The van der Waals surface area contributed by atoms with Gasteiger partial charge in [-0.1, -0.05) is 30.3 Å². The average molecular weight is 384 g/mol. The molecule has 1 N–H and O–H groups in total. The lowest BCUT2D eigenvalue weighted by Gasteiger charge is -2.42. The van der Waals surface area contributed by atoms with E-state index in [2.05, 4.69) is 35.0 Å². The normalized spacial score (nSPS) is 22.3. The fourth-order valence-corrected chi connectivity index (χ4v) is 5.11. The third-order valence-corrected chi connectivity index (χ3v) is 6.73. The Hall–Kier alpha value is -2.21. The number of likely N-dealkylation sites (tertiary alicyclic amines) is 1. The van der Waals surface area contributed by atoms with Crippen LogP contribution in [0.5, 0.6) is 0 Å². The summed E-state index contributed by atoms with van der Waals surface area (Å²) in [6, 6.07) is 10.6. The maximum absolute atomic E-state index is 12.9. The summed E-state index contributed by atoms with van der Waals surface area (Å²) in [6.45, 7) is 4.07. The molecule has 6 heteroatoms. The van der Waals surface area contributed by atoms with E-state index < -0.39 is 0 Å². The first-order valence-corrected chi connectivity index (χ1v) is 10.5.